The van der Waals surface area contributed by atoms with E-state index in [0.717, 1.165) is 25.2 Å². The Morgan fingerprint density at radius 1 is 1.35 bits per heavy atom. The molecule has 0 radical (unpaired) electrons. The maximum Gasteiger partial charge on any atom is 0.186 e. The van der Waals surface area contributed by atoms with E-state index in [4.69, 9.17) is 21.1 Å². The zero-order valence-electron chi connectivity index (χ0n) is 9.43. The lowest BCUT2D eigenvalue weighted by Crippen LogP contribution is -2.49. The summed E-state index contributed by atoms with van der Waals surface area (Å²) in [5.74, 6) is 0.312. The molecule has 1 spiro atoms. The quantitative estimate of drug-likeness (QED) is 0.761. The van der Waals surface area contributed by atoms with Gasteiger partial charge in [0.1, 0.15) is 11.3 Å². The van der Waals surface area contributed by atoms with Crippen LogP contribution in [0.2, 0.25) is 5.02 Å². The second-order valence-corrected chi connectivity index (χ2v) is 4.73. The molecule has 1 aromatic rings. The number of rotatable bonds is 1. The molecule has 0 unspecified atom stereocenters. The van der Waals surface area contributed by atoms with Crippen LogP contribution < -0.4 is 4.90 Å². The normalized spacial score (nSPS) is 23.2. The molecule has 1 aromatic heterocycles. The van der Waals surface area contributed by atoms with E-state index in [9.17, 15) is 0 Å². The molecule has 5 nitrogen and oxygen atoms in total. The SMILES string of the molecule is Clc1cncnc1N1CCCC2(C1)OCCO2. The summed E-state index contributed by atoms with van der Waals surface area (Å²) in [7, 11) is 0. The Kier molecular flexibility index (Phi) is 2.90. The van der Waals surface area contributed by atoms with Gasteiger partial charge in [-0.25, -0.2) is 9.97 Å². The summed E-state index contributed by atoms with van der Waals surface area (Å²) in [5.41, 5.74) is 0. The molecule has 2 aliphatic rings. The monoisotopic (exact) mass is 255 g/mol. The fourth-order valence-electron chi connectivity index (χ4n) is 2.44. The third-order valence-corrected chi connectivity index (χ3v) is 3.45. The third-order valence-electron chi connectivity index (χ3n) is 3.18. The molecular formula is C11H14ClN3O2. The number of nitrogens with zero attached hydrogens (tertiary/aromatic N) is 3. The van der Waals surface area contributed by atoms with Crippen molar-refractivity contribution in [3.8, 4) is 0 Å². The van der Waals surface area contributed by atoms with Gasteiger partial charge in [-0.2, -0.15) is 0 Å². The van der Waals surface area contributed by atoms with E-state index >= 15 is 0 Å². The Bertz CT molecular complexity index is 409. The molecule has 0 aromatic carbocycles. The summed E-state index contributed by atoms with van der Waals surface area (Å²) in [6, 6.07) is 0. The predicted molar refractivity (Wildman–Crippen MR) is 63.1 cm³/mol. The van der Waals surface area contributed by atoms with Crippen molar-refractivity contribution in [3.05, 3.63) is 17.5 Å². The highest BCUT2D eigenvalue weighted by Crippen LogP contribution is 2.33. The highest BCUT2D eigenvalue weighted by Gasteiger charge is 2.41. The lowest BCUT2D eigenvalue weighted by molar-refractivity contribution is -0.161. The van der Waals surface area contributed by atoms with E-state index < -0.39 is 5.79 Å². The van der Waals surface area contributed by atoms with Crippen LogP contribution in [-0.2, 0) is 9.47 Å². The van der Waals surface area contributed by atoms with Crippen molar-refractivity contribution >= 4 is 17.4 Å². The molecule has 2 aliphatic heterocycles. The number of hydrogen-bond donors (Lipinski definition) is 0. The van der Waals surface area contributed by atoms with Gasteiger partial charge in [-0.1, -0.05) is 11.6 Å². The topological polar surface area (TPSA) is 47.5 Å². The molecule has 3 heterocycles. The number of hydrogen-bond acceptors (Lipinski definition) is 5. The molecule has 6 heteroatoms. The summed E-state index contributed by atoms with van der Waals surface area (Å²) >= 11 is 6.10. The molecule has 0 N–H and O–H groups in total. The molecule has 0 atom stereocenters. The minimum Gasteiger partial charge on any atom is -0.350 e. The number of aromatic nitrogens is 2. The predicted octanol–water partition coefficient (Wildman–Crippen LogP) is 1.47. The minimum atomic E-state index is -0.452. The molecule has 92 valence electrons. The standard InChI is InChI=1S/C11H14ClN3O2/c12-9-6-13-8-14-10(9)15-3-1-2-11(7-15)16-4-5-17-11/h6,8H,1-5,7H2. The van der Waals surface area contributed by atoms with Crippen molar-refractivity contribution in [1.29, 1.82) is 0 Å². The van der Waals surface area contributed by atoms with Crippen molar-refractivity contribution in [1.82, 2.24) is 9.97 Å². The highest BCUT2D eigenvalue weighted by atomic mass is 35.5. The van der Waals surface area contributed by atoms with Crippen LogP contribution in [0.1, 0.15) is 12.8 Å². The van der Waals surface area contributed by atoms with E-state index in [1.165, 1.54) is 6.33 Å². The summed E-state index contributed by atoms with van der Waals surface area (Å²) < 4.78 is 11.4. The Morgan fingerprint density at radius 2 is 2.18 bits per heavy atom. The van der Waals surface area contributed by atoms with Crippen LogP contribution in [0.25, 0.3) is 0 Å². The molecular weight excluding hydrogens is 242 g/mol. The van der Waals surface area contributed by atoms with Gasteiger partial charge in [-0.05, 0) is 6.42 Å². The van der Waals surface area contributed by atoms with E-state index in [1.54, 1.807) is 6.20 Å². The first-order valence-electron chi connectivity index (χ1n) is 5.77. The molecule has 0 bridgehead atoms. The van der Waals surface area contributed by atoms with Crippen LogP contribution in [0.4, 0.5) is 5.82 Å². The summed E-state index contributed by atoms with van der Waals surface area (Å²) in [5, 5.41) is 0.572. The maximum atomic E-state index is 6.10. The number of piperidine rings is 1. The first-order valence-corrected chi connectivity index (χ1v) is 6.15. The summed E-state index contributed by atoms with van der Waals surface area (Å²) in [6.45, 7) is 2.95. The molecule has 2 fully saturated rings. The summed E-state index contributed by atoms with van der Waals surface area (Å²) in [4.78, 5) is 10.2. The van der Waals surface area contributed by atoms with E-state index in [-0.39, 0.29) is 0 Å². The molecule has 0 saturated carbocycles. The lowest BCUT2D eigenvalue weighted by atomic mass is 10.0. The molecule has 3 rings (SSSR count). The Hall–Kier alpha value is -0.910. The average molecular weight is 256 g/mol. The third kappa shape index (κ3) is 2.10. The van der Waals surface area contributed by atoms with Crippen molar-refractivity contribution in [3.63, 3.8) is 0 Å². The second kappa shape index (κ2) is 4.40. The Labute approximate surface area is 105 Å². The Balaban J connectivity index is 1.82. The number of ether oxygens (including phenoxy) is 2. The fourth-order valence-corrected chi connectivity index (χ4v) is 2.67. The fraction of sp³-hybridized carbons (Fsp3) is 0.636. The van der Waals surface area contributed by atoms with Crippen molar-refractivity contribution in [2.24, 2.45) is 0 Å². The van der Waals surface area contributed by atoms with Gasteiger partial charge >= 0.3 is 0 Å². The van der Waals surface area contributed by atoms with Crippen LogP contribution in [-0.4, -0.2) is 42.1 Å². The number of anilines is 1. The van der Waals surface area contributed by atoms with Crippen LogP contribution in [0, 0.1) is 0 Å². The molecule has 0 amide bonds. The zero-order valence-corrected chi connectivity index (χ0v) is 10.2. The van der Waals surface area contributed by atoms with Gasteiger partial charge in [0.25, 0.3) is 0 Å². The van der Waals surface area contributed by atoms with E-state index in [2.05, 4.69) is 14.9 Å². The van der Waals surface area contributed by atoms with Gasteiger partial charge in [0.2, 0.25) is 0 Å². The first-order chi connectivity index (χ1) is 8.29. The van der Waals surface area contributed by atoms with Gasteiger partial charge in [-0.15, -0.1) is 0 Å². The molecule has 17 heavy (non-hydrogen) atoms. The zero-order chi connectivity index (χ0) is 11.7. The highest BCUT2D eigenvalue weighted by molar-refractivity contribution is 6.32. The Morgan fingerprint density at radius 3 is 2.94 bits per heavy atom. The van der Waals surface area contributed by atoms with E-state index in [1.807, 2.05) is 0 Å². The average Bonchev–Trinajstić information content (AvgIpc) is 2.78. The minimum absolute atomic E-state index is 0.452. The lowest BCUT2D eigenvalue weighted by Gasteiger charge is -2.39. The maximum absolute atomic E-state index is 6.10. The van der Waals surface area contributed by atoms with Crippen molar-refractivity contribution in [2.45, 2.75) is 18.6 Å². The number of halogens is 1. The first kappa shape index (κ1) is 11.2. The van der Waals surface area contributed by atoms with Crippen LogP contribution in [0.15, 0.2) is 12.5 Å². The van der Waals surface area contributed by atoms with Gasteiger partial charge in [0.05, 0.1) is 26.0 Å². The van der Waals surface area contributed by atoms with Crippen molar-refractivity contribution in [2.75, 3.05) is 31.2 Å². The smallest absolute Gasteiger partial charge is 0.186 e. The van der Waals surface area contributed by atoms with Gasteiger partial charge in [0, 0.05) is 13.0 Å². The molecule has 2 saturated heterocycles. The second-order valence-electron chi connectivity index (χ2n) is 4.33. The van der Waals surface area contributed by atoms with Crippen LogP contribution in [0.3, 0.4) is 0 Å². The van der Waals surface area contributed by atoms with Gasteiger partial charge in [0.15, 0.2) is 11.6 Å². The van der Waals surface area contributed by atoms with Crippen LogP contribution in [0.5, 0.6) is 0 Å². The van der Waals surface area contributed by atoms with Crippen LogP contribution >= 0.6 is 11.6 Å². The largest absolute Gasteiger partial charge is 0.350 e. The van der Waals surface area contributed by atoms with E-state index in [0.29, 0.717) is 24.8 Å². The molecule has 0 aliphatic carbocycles. The van der Waals surface area contributed by atoms with Gasteiger partial charge < -0.3 is 14.4 Å². The summed E-state index contributed by atoms with van der Waals surface area (Å²) in [6.07, 6.45) is 5.08. The van der Waals surface area contributed by atoms with Crippen molar-refractivity contribution < 1.29 is 9.47 Å². The van der Waals surface area contributed by atoms with Gasteiger partial charge in [-0.3, -0.25) is 0 Å².